The Morgan fingerprint density at radius 2 is 1.22 bits per heavy atom. The molecule has 0 heterocycles. The molecule has 0 saturated heterocycles. The van der Waals surface area contributed by atoms with E-state index in [4.69, 9.17) is 34.7 Å². The van der Waals surface area contributed by atoms with E-state index in [1.54, 1.807) is 48.5 Å². The van der Waals surface area contributed by atoms with Crippen molar-refractivity contribution < 1.29 is 8.42 Å². The molecule has 4 N–H and O–H groups in total. The average Bonchev–Trinajstić information content (AvgIpc) is 2.46. The van der Waals surface area contributed by atoms with E-state index < -0.39 is 20.6 Å². The third-order valence-corrected chi connectivity index (χ3v) is 6.21. The molecule has 0 radical (unpaired) electrons. The summed E-state index contributed by atoms with van der Waals surface area (Å²) in [5.74, 6) is -0.410. The monoisotopic (exact) mass is 372 g/mol. The van der Waals surface area contributed by atoms with Gasteiger partial charge in [-0.3, -0.25) is 0 Å². The Hall–Kier alpha value is -1.43. The van der Waals surface area contributed by atoms with Gasteiger partial charge in [0.2, 0.25) is 0 Å². The molecule has 0 aromatic heterocycles. The van der Waals surface area contributed by atoms with Crippen LogP contribution in [0, 0.1) is 0 Å². The van der Waals surface area contributed by atoms with Gasteiger partial charge in [0.15, 0.2) is 9.84 Å². The van der Waals surface area contributed by atoms with Crippen molar-refractivity contribution in [3.05, 3.63) is 59.7 Å². The molecule has 2 aromatic carbocycles. The van der Waals surface area contributed by atoms with E-state index >= 15 is 0 Å². The van der Waals surface area contributed by atoms with Gasteiger partial charge in [0, 0.05) is 11.4 Å². The lowest BCUT2D eigenvalue weighted by Crippen LogP contribution is -2.18. The fraction of sp³-hybridized carbons (Fsp3) is 0.250. The highest BCUT2D eigenvalue weighted by Gasteiger charge is 2.23. The summed E-state index contributed by atoms with van der Waals surface area (Å²) < 4.78 is 24.7. The summed E-state index contributed by atoms with van der Waals surface area (Å²) in [6.45, 7) is 0. The molecule has 0 aliphatic carbocycles. The summed E-state index contributed by atoms with van der Waals surface area (Å²) >= 11 is 12.4. The van der Waals surface area contributed by atoms with Gasteiger partial charge in [-0.15, -0.1) is 23.2 Å². The molecule has 0 amide bonds. The second-order valence-corrected chi connectivity index (χ2v) is 8.56. The minimum atomic E-state index is -3.45. The van der Waals surface area contributed by atoms with Gasteiger partial charge in [0.05, 0.1) is 22.3 Å². The lowest BCUT2D eigenvalue weighted by Gasteiger charge is -2.14. The van der Waals surface area contributed by atoms with E-state index in [1.165, 1.54) is 0 Å². The zero-order valence-corrected chi connectivity index (χ0v) is 14.7. The first-order valence-electron chi connectivity index (χ1n) is 6.96. The van der Waals surface area contributed by atoms with Crippen LogP contribution in [0.25, 0.3) is 0 Å². The Kier molecular flexibility index (Phi) is 5.79. The molecule has 2 atom stereocenters. The standard InChI is InChI=1S/C16H18Cl2N2O2S/c17-15(11-3-1-5-13(19)7-11)9-23(21,22)10-16(18)12-4-2-6-14(20)8-12/h1-8,15-16H,9-10,19-20H2. The largest absolute Gasteiger partial charge is 0.399 e. The minimum Gasteiger partial charge on any atom is -0.399 e. The molecule has 2 rings (SSSR count). The Bertz CT molecular complexity index is 722. The lowest BCUT2D eigenvalue weighted by atomic mass is 10.1. The third-order valence-electron chi connectivity index (χ3n) is 3.35. The van der Waals surface area contributed by atoms with Gasteiger partial charge in [-0.05, 0) is 35.4 Å². The predicted molar refractivity (Wildman–Crippen MR) is 97.6 cm³/mol. The molecule has 0 spiro atoms. The van der Waals surface area contributed by atoms with Gasteiger partial charge in [0.1, 0.15) is 0 Å². The van der Waals surface area contributed by atoms with Gasteiger partial charge < -0.3 is 11.5 Å². The van der Waals surface area contributed by atoms with Crippen molar-refractivity contribution in [2.45, 2.75) is 10.8 Å². The fourth-order valence-electron chi connectivity index (χ4n) is 2.21. The summed E-state index contributed by atoms with van der Waals surface area (Å²) in [6.07, 6.45) is 0. The highest BCUT2D eigenvalue weighted by atomic mass is 35.5. The number of halogens is 2. The number of anilines is 2. The number of nitrogen functional groups attached to an aromatic ring is 2. The second-order valence-electron chi connectivity index (χ2n) is 5.35. The Morgan fingerprint density at radius 1 is 0.826 bits per heavy atom. The number of rotatable bonds is 6. The van der Waals surface area contributed by atoms with Gasteiger partial charge in [-0.2, -0.15) is 0 Å². The number of sulfone groups is 1. The molecule has 2 aromatic rings. The lowest BCUT2D eigenvalue weighted by molar-refractivity contribution is 0.593. The van der Waals surface area contributed by atoms with Gasteiger partial charge >= 0.3 is 0 Å². The van der Waals surface area contributed by atoms with Crippen LogP contribution in [-0.4, -0.2) is 19.9 Å². The Labute approximate surface area is 146 Å². The van der Waals surface area contributed by atoms with E-state index in [0.29, 0.717) is 22.5 Å². The van der Waals surface area contributed by atoms with Crippen LogP contribution in [0.4, 0.5) is 11.4 Å². The van der Waals surface area contributed by atoms with Crippen LogP contribution >= 0.6 is 23.2 Å². The van der Waals surface area contributed by atoms with E-state index in [1.807, 2.05) is 0 Å². The van der Waals surface area contributed by atoms with Crippen LogP contribution < -0.4 is 11.5 Å². The van der Waals surface area contributed by atoms with Crippen LogP contribution in [0.1, 0.15) is 21.9 Å². The number of hydrogen-bond acceptors (Lipinski definition) is 4. The Morgan fingerprint density at radius 3 is 1.57 bits per heavy atom. The number of alkyl halides is 2. The number of benzene rings is 2. The van der Waals surface area contributed by atoms with Crippen molar-refractivity contribution in [1.82, 2.24) is 0 Å². The molecule has 0 aliphatic heterocycles. The topological polar surface area (TPSA) is 86.2 Å². The molecular weight excluding hydrogens is 355 g/mol. The molecule has 0 aliphatic rings. The highest BCUT2D eigenvalue weighted by Crippen LogP contribution is 2.28. The first-order valence-corrected chi connectivity index (χ1v) is 9.66. The second kappa shape index (κ2) is 7.43. The van der Waals surface area contributed by atoms with E-state index in [0.717, 1.165) is 0 Å². The van der Waals surface area contributed by atoms with Crippen LogP contribution in [-0.2, 0) is 9.84 Å². The molecular formula is C16H18Cl2N2O2S. The van der Waals surface area contributed by atoms with Crippen molar-refractivity contribution in [2.24, 2.45) is 0 Å². The fourth-order valence-corrected chi connectivity index (χ4v) is 5.05. The van der Waals surface area contributed by atoms with Gasteiger partial charge in [0.25, 0.3) is 0 Å². The first-order chi connectivity index (χ1) is 10.8. The van der Waals surface area contributed by atoms with Crippen LogP contribution in [0.3, 0.4) is 0 Å². The van der Waals surface area contributed by atoms with Gasteiger partial charge in [-0.25, -0.2) is 8.42 Å². The summed E-state index contributed by atoms with van der Waals surface area (Å²) in [4.78, 5) is 0. The molecule has 0 saturated carbocycles. The maximum Gasteiger partial charge on any atom is 0.153 e. The van der Waals surface area contributed by atoms with Crippen molar-refractivity contribution in [3.8, 4) is 0 Å². The normalized spacial score (nSPS) is 14.3. The maximum absolute atomic E-state index is 12.3. The molecule has 2 unspecified atom stereocenters. The molecule has 4 nitrogen and oxygen atoms in total. The van der Waals surface area contributed by atoms with Crippen molar-refractivity contribution >= 4 is 44.4 Å². The van der Waals surface area contributed by atoms with E-state index in [2.05, 4.69) is 0 Å². The zero-order valence-electron chi connectivity index (χ0n) is 12.3. The molecule has 23 heavy (non-hydrogen) atoms. The molecule has 0 bridgehead atoms. The molecule has 0 fully saturated rings. The third kappa shape index (κ3) is 5.30. The number of hydrogen-bond donors (Lipinski definition) is 2. The Balaban J connectivity index is 2.07. The van der Waals surface area contributed by atoms with Crippen LogP contribution in [0.2, 0.25) is 0 Å². The van der Waals surface area contributed by atoms with Crippen LogP contribution in [0.5, 0.6) is 0 Å². The molecule has 124 valence electrons. The van der Waals surface area contributed by atoms with Crippen molar-refractivity contribution in [3.63, 3.8) is 0 Å². The maximum atomic E-state index is 12.3. The predicted octanol–water partition coefficient (Wildman–Crippen LogP) is 3.53. The summed E-state index contributed by atoms with van der Waals surface area (Å²) in [7, 11) is -3.45. The summed E-state index contributed by atoms with van der Waals surface area (Å²) in [5.41, 5.74) is 13.8. The van der Waals surface area contributed by atoms with Gasteiger partial charge in [-0.1, -0.05) is 24.3 Å². The number of nitrogens with two attached hydrogens (primary N) is 2. The highest BCUT2D eigenvalue weighted by molar-refractivity contribution is 7.91. The van der Waals surface area contributed by atoms with Crippen molar-refractivity contribution in [1.29, 1.82) is 0 Å². The average molecular weight is 373 g/mol. The molecule has 7 heteroatoms. The zero-order chi connectivity index (χ0) is 17.0. The first kappa shape index (κ1) is 17.9. The smallest absolute Gasteiger partial charge is 0.153 e. The van der Waals surface area contributed by atoms with E-state index in [9.17, 15) is 8.42 Å². The minimum absolute atomic E-state index is 0.205. The summed E-state index contributed by atoms with van der Waals surface area (Å²) in [5, 5.41) is -1.35. The quantitative estimate of drug-likeness (QED) is 0.599. The van der Waals surface area contributed by atoms with Crippen molar-refractivity contribution in [2.75, 3.05) is 23.0 Å². The SMILES string of the molecule is Nc1cccc(C(Cl)CS(=O)(=O)CC(Cl)c2cccc(N)c2)c1. The summed E-state index contributed by atoms with van der Waals surface area (Å²) in [6, 6.07) is 13.8. The van der Waals surface area contributed by atoms with E-state index in [-0.39, 0.29) is 11.5 Å². The van der Waals surface area contributed by atoms with Crippen LogP contribution in [0.15, 0.2) is 48.5 Å².